The number of carbonyl (C=O) groups excluding carboxylic acids is 4. The van der Waals surface area contributed by atoms with Gasteiger partial charge >= 0.3 is 5.97 Å². The maximum atomic E-state index is 14.3. The van der Waals surface area contributed by atoms with Crippen LogP contribution in [0.3, 0.4) is 0 Å². The number of likely N-dealkylation sites (N-methyl/N-ethyl adjacent to an activating group) is 1. The first-order valence-corrected chi connectivity index (χ1v) is 16.4. The largest absolute Gasteiger partial charge is 0.504 e. The van der Waals surface area contributed by atoms with Crippen molar-refractivity contribution >= 4 is 29.6 Å². The maximum Gasteiger partial charge on any atom is 0.352 e. The highest BCUT2D eigenvalue weighted by Gasteiger charge is 2.59. The summed E-state index contributed by atoms with van der Waals surface area (Å²) in [6, 6.07) is 3.36. The van der Waals surface area contributed by atoms with E-state index >= 15 is 0 Å². The SMILES string of the molecule is C[C@@H](O)[C@H]1C(=O)N2C(C(=O)O)=C(CN(C)CC(=O)N(CCCNC(=O)c3ccc(O)c(O)c3F)CCCNC(=O)c3ccc(O)c(O)c3F)[C@H](C)[C@H]12. The zero-order chi connectivity index (χ0) is 38.6. The Labute approximate surface area is 296 Å². The monoisotopic (exact) mass is 733 g/mol. The zero-order valence-electron chi connectivity index (χ0n) is 28.6. The summed E-state index contributed by atoms with van der Waals surface area (Å²) in [7, 11) is 1.59. The fraction of sp³-hybridized carbons (Fsp3) is 0.441. The van der Waals surface area contributed by atoms with Gasteiger partial charge in [0.1, 0.15) is 5.70 Å². The molecule has 282 valence electrons. The number of aliphatic hydroxyl groups is 1. The highest BCUT2D eigenvalue weighted by molar-refractivity contribution is 6.00. The van der Waals surface area contributed by atoms with Gasteiger partial charge in [0.05, 0.1) is 35.7 Å². The van der Waals surface area contributed by atoms with E-state index in [0.29, 0.717) is 5.57 Å². The van der Waals surface area contributed by atoms with Crippen LogP contribution in [0.4, 0.5) is 8.78 Å². The lowest BCUT2D eigenvalue weighted by Gasteiger charge is -2.46. The van der Waals surface area contributed by atoms with Crippen LogP contribution < -0.4 is 10.6 Å². The Balaban J connectivity index is 1.40. The molecule has 0 spiro atoms. The highest BCUT2D eigenvalue weighted by Crippen LogP contribution is 2.47. The van der Waals surface area contributed by atoms with Gasteiger partial charge in [0.15, 0.2) is 34.6 Å². The molecular formula is C34H41F2N5O11. The zero-order valence-corrected chi connectivity index (χ0v) is 28.6. The van der Waals surface area contributed by atoms with Gasteiger partial charge in [0, 0.05) is 38.6 Å². The summed E-state index contributed by atoms with van der Waals surface area (Å²) in [5.41, 5.74) is -0.789. The molecule has 1 fully saturated rings. The third-order valence-electron chi connectivity index (χ3n) is 9.18. The number of phenolic OH excluding ortho intramolecular Hbond substituents is 4. The average Bonchev–Trinajstić information content (AvgIpc) is 3.32. The molecule has 52 heavy (non-hydrogen) atoms. The molecule has 0 unspecified atom stereocenters. The summed E-state index contributed by atoms with van der Waals surface area (Å²) in [5.74, 6) is -11.4. The van der Waals surface area contributed by atoms with E-state index in [4.69, 9.17) is 0 Å². The van der Waals surface area contributed by atoms with E-state index in [9.17, 15) is 63.4 Å². The lowest BCUT2D eigenvalue weighted by Crippen LogP contribution is -2.63. The van der Waals surface area contributed by atoms with Crippen molar-refractivity contribution in [2.24, 2.45) is 11.8 Å². The summed E-state index contributed by atoms with van der Waals surface area (Å²) in [6.07, 6.45) is -0.642. The third-order valence-corrected chi connectivity index (χ3v) is 9.18. The van der Waals surface area contributed by atoms with E-state index in [2.05, 4.69) is 10.6 Å². The van der Waals surface area contributed by atoms with Crippen molar-refractivity contribution in [2.45, 2.75) is 38.8 Å². The number of fused-ring (bicyclic) bond motifs is 1. The fourth-order valence-corrected chi connectivity index (χ4v) is 6.49. The van der Waals surface area contributed by atoms with E-state index in [-0.39, 0.29) is 57.8 Å². The van der Waals surface area contributed by atoms with Crippen LogP contribution in [0, 0.1) is 23.5 Å². The van der Waals surface area contributed by atoms with Gasteiger partial charge in [-0.25, -0.2) is 13.6 Å². The Bertz CT molecular complexity index is 1710. The molecule has 4 rings (SSSR count). The fourth-order valence-electron chi connectivity index (χ4n) is 6.49. The predicted octanol–water partition coefficient (Wildman–Crippen LogP) is 0.684. The molecule has 4 atom stereocenters. The number of carboxylic acid groups (broad SMARTS) is 1. The minimum absolute atomic E-state index is 0.0113. The molecule has 0 saturated carbocycles. The Kier molecular flexibility index (Phi) is 12.3. The van der Waals surface area contributed by atoms with E-state index in [1.165, 1.54) is 16.7 Å². The molecule has 18 heteroatoms. The van der Waals surface area contributed by atoms with Crippen LogP contribution in [-0.4, -0.2) is 133 Å². The molecule has 0 aliphatic carbocycles. The van der Waals surface area contributed by atoms with E-state index < -0.39 is 99.3 Å². The molecule has 1 saturated heterocycles. The molecule has 0 aromatic heterocycles. The summed E-state index contributed by atoms with van der Waals surface area (Å²) in [5, 5.41) is 63.0. The summed E-state index contributed by atoms with van der Waals surface area (Å²) in [4.78, 5) is 67.6. The van der Waals surface area contributed by atoms with Crippen molar-refractivity contribution in [1.29, 1.82) is 0 Å². The normalized spacial score (nSPS) is 18.6. The Morgan fingerprint density at radius 2 is 1.37 bits per heavy atom. The molecule has 2 aromatic rings. The number of aliphatic carboxylic acids is 1. The quantitative estimate of drug-likeness (QED) is 0.0676. The number of benzene rings is 2. The number of aliphatic hydroxyl groups excluding tert-OH is 1. The Hall–Kier alpha value is -5.49. The van der Waals surface area contributed by atoms with Crippen LogP contribution >= 0.6 is 0 Å². The predicted molar refractivity (Wildman–Crippen MR) is 177 cm³/mol. The number of phenols is 4. The van der Waals surface area contributed by atoms with Crippen LogP contribution in [-0.2, 0) is 14.4 Å². The summed E-state index contributed by atoms with van der Waals surface area (Å²) < 4.78 is 28.5. The second-order valence-electron chi connectivity index (χ2n) is 12.8. The number of carboxylic acids is 1. The van der Waals surface area contributed by atoms with Crippen molar-refractivity contribution in [2.75, 3.05) is 46.3 Å². The second kappa shape index (κ2) is 16.2. The van der Waals surface area contributed by atoms with Crippen LogP contribution in [0.1, 0.15) is 47.4 Å². The van der Waals surface area contributed by atoms with Crippen molar-refractivity contribution in [1.82, 2.24) is 25.3 Å². The molecule has 4 amide bonds. The third kappa shape index (κ3) is 8.02. The lowest BCUT2D eigenvalue weighted by molar-refractivity contribution is -0.163. The van der Waals surface area contributed by atoms with Crippen molar-refractivity contribution in [3.05, 3.63) is 58.3 Å². The van der Waals surface area contributed by atoms with Crippen LogP contribution in [0.5, 0.6) is 23.0 Å². The summed E-state index contributed by atoms with van der Waals surface area (Å²) >= 11 is 0. The molecule has 2 heterocycles. The van der Waals surface area contributed by atoms with Gasteiger partial charge in [0.2, 0.25) is 11.8 Å². The number of rotatable bonds is 16. The average molecular weight is 734 g/mol. The smallest absolute Gasteiger partial charge is 0.352 e. The van der Waals surface area contributed by atoms with Gasteiger partial charge in [-0.2, -0.15) is 0 Å². The van der Waals surface area contributed by atoms with E-state index in [1.807, 2.05) is 0 Å². The van der Waals surface area contributed by atoms with E-state index in [1.54, 1.807) is 18.9 Å². The van der Waals surface area contributed by atoms with Gasteiger partial charge in [0.25, 0.3) is 11.8 Å². The number of hydrogen-bond donors (Lipinski definition) is 8. The molecule has 8 N–H and O–H groups in total. The number of aromatic hydroxyl groups is 4. The Morgan fingerprint density at radius 3 is 1.81 bits per heavy atom. The molecule has 0 radical (unpaired) electrons. The molecule has 16 nitrogen and oxygen atoms in total. The van der Waals surface area contributed by atoms with Crippen LogP contribution in [0.25, 0.3) is 0 Å². The standard InChI is InChI=1S/C34H41F2N5O11/c1-16-20(28(34(51)52)41-27(16)24(17(2)42)33(41)50)14-39(3)15-23(45)40(12-4-10-37-31(48)18-6-8-21(43)29(46)25(18)35)13-5-11-38-32(49)19-7-9-22(44)30(47)26(19)36/h6-9,16-17,24,27,42-44,46-47H,4-5,10-15H2,1-3H3,(H,37,48)(H,38,49)(H,51,52)/t16-,17+,24+,27+/m0/s1. The molecule has 0 bridgehead atoms. The summed E-state index contributed by atoms with van der Waals surface area (Å²) in [6.45, 7) is 3.06. The topological polar surface area (TPSA) is 241 Å². The first-order chi connectivity index (χ1) is 24.5. The van der Waals surface area contributed by atoms with Gasteiger partial charge < -0.3 is 51.1 Å². The van der Waals surface area contributed by atoms with Gasteiger partial charge in [-0.05, 0) is 56.7 Å². The molecule has 2 aliphatic rings. The first-order valence-electron chi connectivity index (χ1n) is 16.4. The van der Waals surface area contributed by atoms with Crippen LogP contribution in [0.15, 0.2) is 35.5 Å². The number of hydrogen-bond acceptors (Lipinski definition) is 11. The molecular weight excluding hydrogens is 692 g/mol. The van der Waals surface area contributed by atoms with Gasteiger partial charge in [-0.1, -0.05) is 6.92 Å². The van der Waals surface area contributed by atoms with Gasteiger partial charge in [-0.3, -0.25) is 24.1 Å². The molecule has 2 aromatic carbocycles. The molecule has 2 aliphatic heterocycles. The number of amides is 4. The Morgan fingerprint density at radius 1 is 0.885 bits per heavy atom. The van der Waals surface area contributed by atoms with Crippen molar-refractivity contribution in [3.8, 4) is 23.0 Å². The minimum atomic E-state index is -1.31. The number of carbonyl (C=O) groups is 5. The first kappa shape index (κ1) is 39.3. The van der Waals surface area contributed by atoms with Crippen molar-refractivity contribution < 1.29 is 63.4 Å². The number of halogens is 2. The number of nitrogens with zero attached hydrogens (tertiary/aromatic N) is 3. The maximum absolute atomic E-state index is 14.3. The number of nitrogens with one attached hydrogen (secondary N) is 2. The number of β-lactam (4-membered cyclic amide) rings is 1. The second-order valence-corrected chi connectivity index (χ2v) is 12.8. The lowest BCUT2D eigenvalue weighted by atomic mass is 9.77. The van der Waals surface area contributed by atoms with Crippen molar-refractivity contribution in [3.63, 3.8) is 0 Å². The highest BCUT2D eigenvalue weighted by atomic mass is 19.1. The van der Waals surface area contributed by atoms with Gasteiger partial charge in [-0.15, -0.1) is 0 Å². The minimum Gasteiger partial charge on any atom is -0.504 e. The van der Waals surface area contributed by atoms with Crippen LogP contribution in [0.2, 0.25) is 0 Å². The van der Waals surface area contributed by atoms with E-state index in [0.717, 1.165) is 24.3 Å².